The number of aliphatic hydroxyl groups is 1. The van der Waals surface area contributed by atoms with E-state index in [-0.39, 0.29) is 0 Å². The van der Waals surface area contributed by atoms with Gasteiger partial charge in [-0.25, -0.2) is 4.98 Å². The van der Waals surface area contributed by atoms with Gasteiger partial charge in [0.1, 0.15) is 5.76 Å². The maximum atomic E-state index is 10.2. The van der Waals surface area contributed by atoms with Crippen molar-refractivity contribution in [3.63, 3.8) is 0 Å². The molecule has 0 saturated carbocycles. The van der Waals surface area contributed by atoms with Crippen LogP contribution in [0.25, 0.3) is 10.8 Å². The fourth-order valence-corrected chi connectivity index (χ4v) is 3.22. The summed E-state index contributed by atoms with van der Waals surface area (Å²) >= 11 is 1.60. The second kappa shape index (κ2) is 7.08. The van der Waals surface area contributed by atoms with Gasteiger partial charge in [-0.1, -0.05) is 29.8 Å². The van der Waals surface area contributed by atoms with Gasteiger partial charge in [0.05, 0.1) is 6.10 Å². The van der Waals surface area contributed by atoms with Crippen LogP contribution in [0.1, 0.15) is 27.9 Å². The third-order valence-corrected chi connectivity index (χ3v) is 4.58. The second-order valence-electron chi connectivity index (χ2n) is 5.60. The molecule has 0 aliphatic carbocycles. The molecule has 0 fully saturated rings. The zero-order chi connectivity index (χ0) is 16.2. The maximum Gasteiger partial charge on any atom is 0.162 e. The lowest BCUT2D eigenvalue weighted by atomic mass is 10.1. The number of hydrogen-bond donors (Lipinski definition) is 2. The van der Waals surface area contributed by atoms with Gasteiger partial charge in [-0.3, -0.25) is 0 Å². The molecule has 0 aliphatic rings. The summed E-state index contributed by atoms with van der Waals surface area (Å²) < 4.78 is 5.58. The van der Waals surface area contributed by atoms with Crippen LogP contribution >= 0.6 is 11.3 Å². The fourth-order valence-electron chi connectivity index (χ4n) is 2.38. The molecule has 1 unspecified atom stereocenters. The Bertz CT molecular complexity index is 779. The third kappa shape index (κ3) is 4.07. The minimum atomic E-state index is -0.505. The molecule has 5 heteroatoms. The number of aliphatic hydroxyl groups excluding tert-OH is 1. The maximum absolute atomic E-state index is 10.2. The lowest BCUT2D eigenvalue weighted by Gasteiger charge is -2.12. The van der Waals surface area contributed by atoms with E-state index in [1.165, 1.54) is 0 Å². The van der Waals surface area contributed by atoms with Crippen LogP contribution in [0.4, 0.5) is 0 Å². The van der Waals surface area contributed by atoms with Crippen molar-refractivity contribution in [2.75, 3.05) is 6.54 Å². The van der Waals surface area contributed by atoms with Crippen molar-refractivity contribution in [3.05, 3.63) is 64.4 Å². The first-order valence-electron chi connectivity index (χ1n) is 7.58. The highest BCUT2D eigenvalue weighted by atomic mass is 32.1. The molecule has 0 radical (unpaired) electrons. The first kappa shape index (κ1) is 15.9. The van der Waals surface area contributed by atoms with E-state index >= 15 is 0 Å². The molecule has 2 heterocycles. The zero-order valence-electron chi connectivity index (χ0n) is 13.2. The van der Waals surface area contributed by atoms with Crippen molar-refractivity contribution in [1.82, 2.24) is 10.3 Å². The van der Waals surface area contributed by atoms with Gasteiger partial charge < -0.3 is 14.8 Å². The van der Waals surface area contributed by atoms with Gasteiger partial charge >= 0.3 is 0 Å². The van der Waals surface area contributed by atoms with E-state index in [2.05, 4.69) is 10.3 Å². The van der Waals surface area contributed by atoms with Gasteiger partial charge in [-0.05, 0) is 31.5 Å². The van der Waals surface area contributed by atoms with Gasteiger partial charge in [0.15, 0.2) is 10.8 Å². The fraction of sp³-hybridized carbons (Fsp3) is 0.278. The minimum absolute atomic E-state index is 0.505. The van der Waals surface area contributed by atoms with E-state index in [4.69, 9.17) is 4.42 Å². The average Bonchev–Trinajstić information content (AvgIpc) is 3.16. The molecule has 0 saturated heterocycles. The molecule has 0 amide bonds. The summed E-state index contributed by atoms with van der Waals surface area (Å²) in [7, 11) is 0. The summed E-state index contributed by atoms with van der Waals surface area (Å²) in [5.74, 6) is 1.69. The van der Waals surface area contributed by atoms with Crippen molar-refractivity contribution in [3.8, 4) is 10.8 Å². The largest absolute Gasteiger partial charge is 0.459 e. The summed E-state index contributed by atoms with van der Waals surface area (Å²) in [6.45, 7) is 5.14. The number of rotatable bonds is 6. The van der Waals surface area contributed by atoms with Crippen LogP contribution in [-0.4, -0.2) is 16.6 Å². The molecular formula is C18H20N2O2S. The average molecular weight is 328 g/mol. The number of hydrogen-bond acceptors (Lipinski definition) is 5. The molecule has 23 heavy (non-hydrogen) atoms. The molecule has 4 nitrogen and oxygen atoms in total. The van der Waals surface area contributed by atoms with Gasteiger partial charge in [0.25, 0.3) is 0 Å². The number of aromatic nitrogens is 1. The van der Waals surface area contributed by atoms with Crippen molar-refractivity contribution in [2.24, 2.45) is 0 Å². The zero-order valence-corrected chi connectivity index (χ0v) is 14.1. The van der Waals surface area contributed by atoms with Crippen LogP contribution in [-0.2, 0) is 6.54 Å². The Kier molecular flexibility index (Phi) is 4.91. The Morgan fingerprint density at radius 2 is 2.13 bits per heavy atom. The lowest BCUT2D eigenvalue weighted by molar-refractivity contribution is 0.174. The summed E-state index contributed by atoms with van der Waals surface area (Å²) in [4.78, 5) is 5.51. The van der Waals surface area contributed by atoms with Gasteiger partial charge in [0.2, 0.25) is 0 Å². The van der Waals surface area contributed by atoms with Crippen molar-refractivity contribution in [1.29, 1.82) is 0 Å². The quantitative estimate of drug-likeness (QED) is 0.722. The van der Waals surface area contributed by atoms with Crippen LogP contribution in [0.15, 0.2) is 47.0 Å². The predicted molar refractivity (Wildman–Crippen MR) is 92.4 cm³/mol. The number of thiazole rings is 1. The summed E-state index contributed by atoms with van der Waals surface area (Å²) in [5, 5.41) is 14.4. The summed E-state index contributed by atoms with van der Waals surface area (Å²) in [5.41, 5.74) is 2.09. The van der Waals surface area contributed by atoms with Crippen LogP contribution in [0.3, 0.4) is 0 Å². The Morgan fingerprint density at radius 1 is 1.26 bits per heavy atom. The Labute approximate surface area is 139 Å². The van der Waals surface area contributed by atoms with Crippen molar-refractivity contribution < 1.29 is 9.52 Å². The Balaban J connectivity index is 1.54. The van der Waals surface area contributed by atoms with E-state index in [1.807, 2.05) is 56.4 Å². The molecule has 0 aliphatic heterocycles. The number of aryl methyl sites for hydroxylation is 2. The van der Waals surface area contributed by atoms with Crippen molar-refractivity contribution >= 4 is 11.3 Å². The topological polar surface area (TPSA) is 58.3 Å². The minimum Gasteiger partial charge on any atom is -0.459 e. The lowest BCUT2D eigenvalue weighted by Crippen LogP contribution is -2.20. The third-order valence-electron chi connectivity index (χ3n) is 3.57. The summed E-state index contributed by atoms with van der Waals surface area (Å²) in [6, 6.07) is 11.8. The molecule has 1 aromatic carbocycles. The van der Waals surface area contributed by atoms with E-state index in [1.54, 1.807) is 11.3 Å². The highest BCUT2D eigenvalue weighted by molar-refractivity contribution is 7.14. The van der Waals surface area contributed by atoms with E-state index in [0.717, 1.165) is 32.5 Å². The molecule has 2 aromatic heterocycles. The molecule has 0 bridgehead atoms. The smallest absolute Gasteiger partial charge is 0.162 e. The highest BCUT2D eigenvalue weighted by Crippen LogP contribution is 2.26. The predicted octanol–water partition coefficient (Wildman–Crippen LogP) is 3.84. The molecule has 2 N–H and O–H groups in total. The first-order chi connectivity index (χ1) is 11.1. The standard InChI is InChI=1S/C18H20N2O2S/c1-12-4-3-5-14(8-12)16(21)11-19-9-15-10-20-18(23-15)17-7-6-13(2)22-17/h3-8,10,16,19,21H,9,11H2,1-2H3. The van der Waals surface area contributed by atoms with Gasteiger partial charge in [-0.15, -0.1) is 11.3 Å². The van der Waals surface area contributed by atoms with E-state index in [9.17, 15) is 5.11 Å². The normalized spacial score (nSPS) is 12.5. The number of nitrogens with one attached hydrogen (secondary N) is 1. The second-order valence-corrected chi connectivity index (χ2v) is 6.72. The number of furan rings is 1. The first-order valence-corrected chi connectivity index (χ1v) is 8.40. The number of nitrogens with zero attached hydrogens (tertiary/aromatic N) is 1. The molecular weight excluding hydrogens is 308 g/mol. The molecule has 1 atom stereocenters. The van der Waals surface area contributed by atoms with Gasteiger partial charge in [-0.2, -0.15) is 0 Å². The monoisotopic (exact) mass is 328 g/mol. The molecule has 120 valence electrons. The van der Waals surface area contributed by atoms with Crippen LogP contribution in [0.2, 0.25) is 0 Å². The van der Waals surface area contributed by atoms with Crippen LogP contribution in [0, 0.1) is 13.8 Å². The molecule has 3 rings (SSSR count). The molecule has 0 spiro atoms. The SMILES string of the molecule is Cc1cccc(C(O)CNCc2cnc(-c3ccc(C)o3)s2)c1. The van der Waals surface area contributed by atoms with Crippen molar-refractivity contribution in [2.45, 2.75) is 26.5 Å². The Morgan fingerprint density at radius 3 is 2.87 bits per heavy atom. The highest BCUT2D eigenvalue weighted by Gasteiger charge is 2.10. The Hall–Kier alpha value is -1.95. The summed E-state index contributed by atoms with van der Waals surface area (Å²) in [6.07, 6.45) is 1.35. The van der Waals surface area contributed by atoms with E-state index in [0.29, 0.717) is 13.1 Å². The van der Waals surface area contributed by atoms with E-state index < -0.39 is 6.10 Å². The van der Waals surface area contributed by atoms with Crippen LogP contribution in [0.5, 0.6) is 0 Å². The van der Waals surface area contributed by atoms with Crippen LogP contribution < -0.4 is 5.32 Å². The number of benzene rings is 1. The van der Waals surface area contributed by atoms with Gasteiger partial charge in [0, 0.05) is 24.2 Å². The molecule has 3 aromatic rings.